The predicted octanol–water partition coefficient (Wildman–Crippen LogP) is 2.62. The van der Waals surface area contributed by atoms with Gasteiger partial charge in [0.1, 0.15) is 5.78 Å². The van der Waals surface area contributed by atoms with E-state index in [1.54, 1.807) is 6.07 Å². The van der Waals surface area contributed by atoms with Gasteiger partial charge in [-0.25, -0.2) is 5.10 Å². The first kappa shape index (κ1) is 13.5. The van der Waals surface area contributed by atoms with Crippen molar-refractivity contribution in [1.82, 2.24) is 10.2 Å². The third kappa shape index (κ3) is 3.28. The van der Waals surface area contributed by atoms with Gasteiger partial charge in [0.2, 0.25) is 0 Å². The quantitative estimate of drug-likeness (QED) is 0.810. The second-order valence-corrected chi connectivity index (χ2v) is 4.72. The van der Waals surface area contributed by atoms with Gasteiger partial charge in [-0.2, -0.15) is 5.10 Å². The highest BCUT2D eigenvalue weighted by atomic mass is 16.1. The molecule has 4 heteroatoms. The zero-order valence-electron chi connectivity index (χ0n) is 11.1. The van der Waals surface area contributed by atoms with Crippen molar-refractivity contribution in [3.63, 3.8) is 0 Å². The summed E-state index contributed by atoms with van der Waals surface area (Å²) < 4.78 is 0. The van der Waals surface area contributed by atoms with E-state index < -0.39 is 0 Å². The number of ketones is 1. The summed E-state index contributed by atoms with van der Waals surface area (Å²) in [6, 6.07) is 7.26. The molecule has 0 fully saturated rings. The number of nitrogens with one attached hydrogen (secondary N) is 1. The molecule has 1 N–H and O–H groups in total. The van der Waals surface area contributed by atoms with E-state index in [1.807, 2.05) is 18.2 Å². The van der Waals surface area contributed by atoms with E-state index in [-0.39, 0.29) is 11.3 Å². The lowest BCUT2D eigenvalue weighted by atomic mass is 10.0. The molecule has 0 saturated carbocycles. The van der Waals surface area contributed by atoms with Crippen LogP contribution in [0.25, 0.3) is 10.8 Å². The Bertz CT molecular complexity index is 631. The summed E-state index contributed by atoms with van der Waals surface area (Å²) in [6.45, 7) is 2.11. The number of aromatic nitrogens is 2. The Balaban J connectivity index is 2.19. The Hall–Kier alpha value is -1.97. The number of unbranched alkanes of at least 4 members (excludes halogenated alkanes) is 2. The topological polar surface area (TPSA) is 62.8 Å². The fraction of sp³-hybridized carbons (Fsp3) is 0.400. The van der Waals surface area contributed by atoms with Gasteiger partial charge in [0.05, 0.1) is 17.5 Å². The summed E-state index contributed by atoms with van der Waals surface area (Å²) in [5.41, 5.74) is 0.453. The van der Waals surface area contributed by atoms with E-state index in [2.05, 4.69) is 17.1 Å². The average molecular weight is 258 g/mol. The van der Waals surface area contributed by atoms with Gasteiger partial charge in [-0.15, -0.1) is 0 Å². The third-order valence-electron chi connectivity index (χ3n) is 3.20. The second kappa shape index (κ2) is 6.27. The molecule has 2 rings (SSSR count). The maximum Gasteiger partial charge on any atom is 0.272 e. The average Bonchev–Trinajstić information content (AvgIpc) is 2.43. The number of Topliss-reactive ketones (excluding diaryl/α,β-unsaturated/α-hetero) is 1. The fourth-order valence-corrected chi connectivity index (χ4v) is 2.15. The number of carbonyl (C=O) groups excluding carboxylic acids is 1. The van der Waals surface area contributed by atoms with Gasteiger partial charge in [0, 0.05) is 11.8 Å². The van der Waals surface area contributed by atoms with Crippen molar-refractivity contribution in [2.24, 2.45) is 0 Å². The first-order chi connectivity index (χ1) is 9.22. The van der Waals surface area contributed by atoms with E-state index in [9.17, 15) is 9.59 Å². The molecule has 0 aliphatic rings. The minimum absolute atomic E-state index is 0.179. The van der Waals surface area contributed by atoms with Crippen LogP contribution in [-0.4, -0.2) is 16.0 Å². The molecule has 2 aromatic rings. The van der Waals surface area contributed by atoms with E-state index in [0.29, 0.717) is 23.9 Å². The Kier molecular flexibility index (Phi) is 4.44. The van der Waals surface area contributed by atoms with E-state index in [1.165, 1.54) is 0 Å². The van der Waals surface area contributed by atoms with Crippen LogP contribution >= 0.6 is 0 Å². The maximum atomic E-state index is 11.9. The van der Waals surface area contributed by atoms with Crippen LogP contribution in [0.3, 0.4) is 0 Å². The Morgan fingerprint density at radius 3 is 2.68 bits per heavy atom. The van der Waals surface area contributed by atoms with Gasteiger partial charge in [-0.3, -0.25) is 9.59 Å². The van der Waals surface area contributed by atoms with Crippen LogP contribution in [0.5, 0.6) is 0 Å². The minimum atomic E-state index is -0.210. The molecular weight excluding hydrogens is 240 g/mol. The second-order valence-electron chi connectivity index (χ2n) is 4.72. The van der Waals surface area contributed by atoms with Gasteiger partial charge < -0.3 is 0 Å². The van der Waals surface area contributed by atoms with E-state index >= 15 is 0 Å². The minimum Gasteiger partial charge on any atom is -0.299 e. The lowest BCUT2D eigenvalue weighted by Gasteiger charge is -2.04. The number of rotatable bonds is 6. The largest absolute Gasteiger partial charge is 0.299 e. The van der Waals surface area contributed by atoms with E-state index in [0.717, 1.165) is 24.6 Å². The summed E-state index contributed by atoms with van der Waals surface area (Å²) in [5.74, 6) is 0.179. The molecule has 4 nitrogen and oxygen atoms in total. The van der Waals surface area contributed by atoms with Gasteiger partial charge in [-0.05, 0) is 12.5 Å². The lowest BCUT2D eigenvalue weighted by Crippen LogP contribution is -2.13. The molecule has 1 aromatic heterocycles. The van der Waals surface area contributed by atoms with Crippen molar-refractivity contribution >= 4 is 16.6 Å². The number of aromatic amines is 1. The van der Waals surface area contributed by atoms with Crippen molar-refractivity contribution in [2.45, 2.75) is 39.0 Å². The molecule has 0 atom stereocenters. The molecule has 0 aliphatic heterocycles. The zero-order valence-corrected chi connectivity index (χ0v) is 11.1. The standard InChI is InChI=1S/C15H18N2O2/c1-2-3-4-7-11(18)10-14-12-8-5-6-9-13(12)15(19)17-16-14/h5-6,8-9H,2-4,7,10H2,1H3,(H,17,19). The number of nitrogens with zero attached hydrogens (tertiary/aromatic N) is 1. The van der Waals surface area contributed by atoms with Crippen LogP contribution in [0, 0.1) is 0 Å². The molecule has 0 unspecified atom stereocenters. The smallest absolute Gasteiger partial charge is 0.272 e. The zero-order chi connectivity index (χ0) is 13.7. The first-order valence-corrected chi connectivity index (χ1v) is 6.70. The van der Waals surface area contributed by atoms with Crippen LogP contribution in [-0.2, 0) is 11.2 Å². The maximum absolute atomic E-state index is 11.9. The molecule has 0 radical (unpaired) electrons. The summed E-state index contributed by atoms with van der Waals surface area (Å²) in [5, 5.41) is 7.84. The Labute approximate surface area is 111 Å². The molecule has 1 aromatic carbocycles. The molecule has 0 aliphatic carbocycles. The van der Waals surface area contributed by atoms with Crippen molar-refractivity contribution in [3.8, 4) is 0 Å². The van der Waals surface area contributed by atoms with Crippen molar-refractivity contribution in [2.75, 3.05) is 0 Å². The Morgan fingerprint density at radius 2 is 1.95 bits per heavy atom. The highest BCUT2D eigenvalue weighted by Crippen LogP contribution is 2.14. The molecular formula is C15H18N2O2. The highest BCUT2D eigenvalue weighted by Gasteiger charge is 2.10. The van der Waals surface area contributed by atoms with Crippen LogP contribution in [0.15, 0.2) is 29.1 Å². The van der Waals surface area contributed by atoms with Crippen LogP contribution < -0.4 is 5.56 Å². The van der Waals surface area contributed by atoms with Gasteiger partial charge in [0.25, 0.3) is 5.56 Å². The normalized spacial score (nSPS) is 10.8. The third-order valence-corrected chi connectivity index (χ3v) is 3.20. The van der Waals surface area contributed by atoms with Crippen LogP contribution in [0.1, 0.15) is 38.3 Å². The van der Waals surface area contributed by atoms with Crippen molar-refractivity contribution in [1.29, 1.82) is 0 Å². The summed E-state index contributed by atoms with van der Waals surface area (Å²) in [6.07, 6.45) is 3.99. The van der Waals surface area contributed by atoms with Crippen molar-refractivity contribution < 1.29 is 4.79 Å². The lowest BCUT2D eigenvalue weighted by molar-refractivity contribution is -0.118. The van der Waals surface area contributed by atoms with Gasteiger partial charge in [0.15, 0.2) is 0 Å². The Morgan fingerprint density at radius 1 is 1.21 bits per heavy atom. The van der Waals surface area contributed by atoms with E-state index in [4.69, 9.17) is 0 Å². The molecule has 1 heterocycles. The summed E-state index contributed by atoms with van der Waals surface area (Å²) in [7, 11) is 0. The molecule has 100 valence electrons. The van der Waals surface area contributed by atoms with Gasteiger partial charge >= 0.3 is 0 Å². The summed E-state index contributed by atoms with van der Waals surface area (Å²) >= 11 is 0. The number of benzene rings is 1. The van der Waals surface area contributed by atoms with Crippen LogP contribution in [0.2, 0.25) is 0 Å². The van der Waals surface area contributed by atoms with Crippen LogP contribution in [0.4, 0.5) is 0 Å². The van der Waals surface area contributed by atoms with Gasteiger partial charge in [-0.1, -0.05) is 38.0 Å². The van der Waals surface area contributed by atoms with Crippen molar-refractivity contribution in [3.05, 3.63) is 40.3 Å². The number of H-pyrrole nitrogens is 1. The monoisotopic (exact) mass is 258 g/mol. The molecule has 0 spiro atoms. The number of hydrogen-bond acceptors (Lipinski definition) is 3. The molecule has 19 heavy (non-hydrogen) atoms. The number of hydrogen-bond donors (Lipinski definition) is 1. The fourth-order valence-electron chi connectivity index (χ4n) is 2.15. The summed E-state index contributed by atoms with van der Waals surface area (Å²) in [4.78, 5) is 23.5. The SMILES string of the molecule is CCCCCC(=O)Cc1n[nH]c(=O)c2ccccc12. The molecule has 0 saturated heterocycles. The number of fused-ring (bicyclic) bond motifs is 1. The first-order valence-electron chi connectivity index (χ1n) is 6.70. The molecule has 0 bridgehead atoms. The number of carbonyl (C=O) groups is 1. The molecule has 0 amide bonds. The highest BCUT2D eigenvalue weighted by molar-refractivity contribution is 5.88. The predicted molar refractivity (Wildman–Crippen MR) is 75.2 cm³/mol.